The number of hydrogen-bond acceptors (Lipinski definition) is 4. The Morgan fingerprint density at radius 3 is 3.07 bits per heavy atom. The average Bonchev–Trinajstić information content (AvgIpc) is 2.17. The zero-order valence-corrected chi connectivity index (χ0v) is 9.14. The summed E-state index contributed by atoms with van der Waals surface area (Å²) in [6.45, 7) is 2.00. The highest BCUT2D eigenvalue weighted by Gasteiger charge is 2.09. The highest BCUT2D eigenvalue weighted by Crippen LogP contribution is 2.23. The molecule has 0 saturated heterocycles. The summed E-state index contributed by atoms with van der Waals surface area (Å²) in [5, 5.41) is 12.0. The van der Waals surface area contributed by atoms with Crippen molar-refractivity contribution in [2.75, 3.05) is 5.75 Å². The number of rotatable bonds is 3. The van der Waals surface area contributed by atoms with Crippen LogP contribution in [0.4, 0.5) is 0 Å². The topological polar surface area (TPSA) is 71.5 Å². The highest BCUT2D eigenvalue weighted by molar-refractivity contribution is 7.99. The maximum atomic E-state index is 8.53. The molecule has 0 aliphatic carbocycles. The first-order chi connectivity index (χ1) is 6.69. The lowest BCUT2D eigenvalue weighted by Gasteiger charge is -2.05. The third-order valence-corrected chi connectivity index (χ3v) is 2.59. The Kier molecular flexibility index (Phi) is 4.03. The molecule has 0 aliphatic rings. The van der Waals surface area contributed by atoms with Gasteiger partial charge in [-0.05, 0) is 11.8 Å². The van der Waals surface area contributed by atoms with Gasteiger partial charge >= 0.3 is 0 Å². The molecule has 0 saturated carbocycles. The third-order valence-electron chi connectivity index (χ3n) is 1.47. The van der Waals surface area contributed by atoms with Crippen LogP contribution in [0, 0.1) is 0 Å². The van der Waals surface area contributed by atoms with Gasteiger partial charge in [0.2, 0.25) is 0 Å². The van der Waals surface area contributed by atoms with E-state index in [1.807, 2.05) is 6.92 Å². The molecule has 1 aromatic rings. The molecular weight excluding hydrogens is 222 g/mol. The summed E-state index contributed by atoms with van der Waals surface area (Å²) in [4.78, 5) is 4.81. The summed E-state index contributed by atoms with van der Waals surface area (Å²) in [7, 11) is 0. The molecule has 0 radical (unpaired) electrons. The second kappa shape index (κ2) is 5.07. The minimum Gasteiger partial charge on any atom is -0.409 e. The predicted molar refractivity (Wildman–Crippen MR) is 58.2 cm³/mol. The second-order valence-corrected chi connectivity index (χ2v) is 4.16. The first-order valence-electron chi connectivity index (χ1n) is 3.95. The molecule has 6 heteroatoms. The number of hydrogen-bond donors (Lipinski definition) is 2. The average molecular weight is 232 g/mol. The summed E-state index contributed by atoms with van der Waals surface area (Å²) in [5.41, 5.74) is 5.92. The van der Waals surface area contributed by atoms with Crippen LogP contribution in [0.3, 0.4) is 0 Å². The van der Waals surface area contributed by atoms with Crippen molar-refractivity contribution >= 4 is 29.2 Å². The Labute approximate surface area is 91.2 Å². The van der Waals surface area contributed by atoms with Gasteiger partial charge in [0, 0.05) is 11.1 Å². The van der Waals surface area contributed by atoms with Gasteiger partial charge in [0.15, 0.2) is 5.84 Å². The van der Waals surface area contributed by atoms with Crippen LogP contribution in [-0.2, 0) is 0 Å². The van der Waals surface area contributed by atoms with Crippen molar-refractivity contribution in [2.45, 2.75) is 11.8 Å². The molecule has 0 aromatic carbocycles. The maximum Gasteiger partial charge on any atom is 0.189 e. The minimum atomic E-state index is -0.00221. The summed E-state index contributed by atoms with van der Waals surface area (Å²) < 4.78 is 0. The summed E-state index contributed by atoms with van der Waals surface area (Å²) in [6.07, 6.45) is 1.47. The van der Waals surface area contributed by atoms with Gasteiger partial charge in [0.05, 0.1) is 5.02 Å². The van der Waals surface area contributed by atoms with E-state index in [1.54, 1.807) is 17.8 Å². The fourth-order valence-corrected chi connectivity index (χ4v) is 1.96. The van der Waals surface area contributed by atoms with Crippen molar-refractivity contribution in [1.29, 1.82) is 0 Å². The summed E-state index contributed by atoms with van der Waals surface area (Å²) in [6, 6.07) is 1.75. The van der Waals surface area contributed by atoms with Crippen molar-refractivity contribution in [1.82, 2.24) is 4.98 Å². The number of halogens is 1. The highest BCUT2D eigenvalue weighted by atomic mass is 35.5. The number of aromatic nitrogens is 1. The summed E-state index contributed by atoms with van der Waals surface area (Å²) >= 11 is 7.32. The molecule has 0 aliphatic heterocycles. The zero-order valence-electron chi connectivity index (χ0n) is 7.57. The molecule has 76 valence electrons. The molecular formula is C8H10ClN3OS. The van der Waals surface area contributed by atoms with E-state index < -0.39 is 0 Å². The number of amidine groups is 1. The van der Waals surface area contributed by atoms with E-state index in [0.29, 0.717) is 10.7 Å². The van der Waals surface area contributed by atoms with E-state index in [9.17, 15) is 0 Å². The van der Waals surface area contributed by atoms with E-state index in [4.69, 9.17) is 22.5 Å². The number of oxime groups is 1. The summed E-state index contributed by atoms with van der Waals surface area (Å²) in [5.74, 6) is 0.867. The normalized spacial score (nSPS) is 11.7. The monoisotopic (exact) mass is 231 g/mol. The second-order valence-electron chi connectivity index (χ2n) is 2.42. The van der Waals surface area contributed by atoms with E-state index >= 15 is 0 Å². The first kappa shape index (κ1) is 11.1. The van der Waals surface area contributed by atoms with Crippen molar-refractivity contribution in [2.24, 2.45) is 10.9 Å². The Balaban J connectivity index is 3.14. The number of nitrogens with zero attached hydrogens (tertiary/aromatic N) is 2. The Morgan fingerprint density at radius 2 is 2.50 bits per heavy atom. The molecule has 0 spiro atoms. The van der Waals surface area contributed by atoms with Gasteiger partial charge in [0.25, 0.3) is 0 Å². The fraction of sp³-hybridized carbons (Fsp3) is 0.250. The molecule has 0 amide bonds. The van der Waals surface area contributed by atoms with Crippen molar-refractivity contribution in [3.8, 4) is 0 Å². The molecule has 1 aromatic heterocycles. The SMILES string of the molecule is CCSc1cc(Cl)cnc1C(N)=NO. The van der Waals surface area contributed by atoms with Crippen LogP contribution >= 0.6 is 23.4 Å². The van der Waals surface area contributed by atoms with Crippen molar-refractivity contribution < 1.29 is 5.21 Å². The number of thioether (sulfide) groups is 1. The van der Waals surface area contributed by atoms with Crippen LogP contribution < -0.4 is 5.73 Å². The van der Waals surface area contributed by atoms with Crippen LogP contribution in [0.1, 0.15) is 12.6 Å². The number of pyridine rings is 1. The molecule has 1 heterocycles. The number of nitrogens with two attached hydrogens (primary N) is 1. The molecule has 1 rings (SSSR count). The molecule has 0 atom stereocenters. The van der Waals surface area contributed by atoms with Crippen LogP contribution in [0.15, 0.2) is 22.3 Å². The molecule has 3 N–H and O–H groups in total. The van der Waals surface area contributed by atoms with Gasteiger partial charge in [-0.25, -0.2) is 0 Å². The van der Waals surface area contributed by atoms with Gasteiger partial charge in [-0.1, -0.05) is 23.7 Å². The molecule has 14 heavy (non-hydrogen) atoms. The molecule has 0 unspecified atom stereocenters. The van der Waals surface area contributed by atoms with Crippen molar-refractivity contribution in [3.05, 3.63) is 23.0 Å². The molecule has 0 bridgehead atoms. The first-order valence-corrected chi connectivity index (χ1v) is 5.31. The standard InChI is InChI=1S/C8H10ClN3OS/c1-2-14-6-3-5(9)4-11-7(6)8(10)12-13/h3-4,13H,2H2,1H3,(H2,10,12). The van der Waals surface area contributed by atoms with Gasteiger partial charge in [-0.3, -0.25) is 4.98 Å². The Morgan fingerprint density at radius 1 is 1.79 bits per heavy atom. The van der Waals surface area contributed by atoms with Crippen LogP contribution in [0.25, 0.3) is 0 Å². The Hall–Kier alpha value is -0.940. The van der Waals surface area contributed by atoms with E-state index in [1.165, 1.54) is 6.20 Å². The zero-order chi connectivity index (χ0) is 10.6. The third kappa shape index (κ3) is 2.52. The van der Waals surface area contributed by atoms with E-state index in [0.717, 1.165) is 10.6 Å². The van der Waals surface area contributed by atoms with Gasteiger partial charge in [-0.15, -0.1) is 11.8 Å². The lowest BCUT2D eigenvalue weighted by molar-refractivity contribution is 0.318. The van der Waals surface area contributed by atoms with Gasteiger partial charge in [0.1, 0.15) is 5.69 Å². The van der Waals surface area contributed by atoms with Crippen molar-refractivity contribution in [3.63, 3.8) is 0 Å². The lowest BCUT2D eigenvalue weighted by atomic mass is 10.3. The van der Waals surface area contributed by atoms with E-state index in [-0.39, 0.29) is 5.84 Å². The lowest BCUT2D eigenvalue weighted by Crippen LogP contribution is -2.16. The van der Waals surface area contributed by atoms with Crippen LogP contribution in [0.2, 0.25) is 5.02 Å². The van der Waals surface area contributed by atoms with Gasteiger partial charge in [-0.2, -0.15) is 0 Å². The molecule has 4 nitrogen and oxygen atoms in total. The largest absolute Gasteiger partial charge is 0.409 e. The Bertz CT molecular complexity index is 356. The smallest absolute Gasteiger partial charge is 0.189 e. The van der Waals surface area contributed by atoms with Crippen LogP contribution in [0.5, 0.6) is 0 Å². The quantitative estimate of drug-likeness (QED) is 0.274. The fourth-order valence-electron chi connectivity index (χ4n) is 0.926. The predicted octanol–water partition coefficient (Wildman–Crippen LogP) is 1.94. The molecule has 0 fully saturated rings. The maximum absolute atomic E-state index is 8.53. The van der Waals surface area contributed by atoms with Gasteiger partial charge < -0.3 is 10.9 Å². The minimum absolute atomic E-state index is 0.00221. The van der Waals surface area contributed by atoms with Crippen LogP contribution in [-0.4, -0.2) is 21.8 Å². The van der Waals surface area contributed by atoms with E-state index in [2.05, 4.69) is 10.1 Å².